The smallest absolute Gasteiger partial charge is 0.190 e. The average Bonchev–Trinajstić information content (AvgIpc) is 2.63. The molecule has 1 unspecified atom stereocenters. The summed E-state index contributed by atoms with van der Waals surface area (Å²) in [5, 5.41) is 1.42. The summed E-state index contributed by atoms with van der Waals surface area (Å²) in [6.07, 6.45) is 4.74. The van der Waals surface area contributed by atoms with Crippen molar-refractivity contribution >= 4 is 49.9 Å². The quantitative estimate of drug-likeness (QED) is 0.306. The Balaban J connectivity index is 0.00000364. The minimum absolute atomic E-state index is 0. The van der Waals surface area contributed by atoms with Crippen molar-refractivity contribution in [2.75, 3.05) is 13.7 Å². The van der Waals surface area contributed by atoms with E-state index in [0.29, 0.717) is 16.3 Å². The van der Waals surface area contributed by atoms with Gasteiger partial charge < -0.3 is 9.47 Å². The van der Waals surface area contributed by atoms with Crippen LogP contribution in [0.15, 0.2) is 36.4 Å². The minimum atomic E-state index is -0.0243. The molecule has 0 saturated heterocycles. The molecule has 2 rings (SSSR count). The van der Waals surface area contributed by atoms with Gasteiger partial charge in [-0.15, -0.1) is 0 Å². The van der Waals surface area contributed by atoms with Crippen molar-refractivity contribution in [3.8, 4) is 11.5 Å². The summed E-state index contributed by atoms with van der Waals surface area (Å²) in [4.78, 5) is 12.7. The Kier molecular flexibility index (Phi) is 11.1. The van der Waals surface area contributed by atoms with Gasteiger partial charge in [-0.25, -0.2) is 0 Å². The van der Waals surface area contributed by atoms with Crippen molar-refractivity contribution in [3.05, 3.63) is 52.5 Å². The zero-order valence-corrected chi connectivity index (χ0v) is 18.4. The summed E-state index contributed by atoms with van der Waals surface area (Å²) >= 11 is 6.21. The van der Waals surface area contributed by atoms with Crippen molar-refractivity contribution in [3.63, 3.8) is 0 Å². The molecule has 0 aromatic heterocycles. The second kappa shape index (κ2) is 12.5. The number of rotatable bonds is 10. The zero-order valence-electron chi connectivity index (χ0n) is 16.6. The number of hydrogen-bond donors (Lipinski definition) is 0. The first-order chi connectivity index (χ1) is 12.6. The van der Waals surface area contributed by atoms with E-state index in [-0.39, 0.29) is 33.0 Å². The summed E-state index contributed by atoms with van der Waals surface area (Å²) in [6.45, 7) is 4.93. The van der Waals surface area contributed by atoms with Crippen LogP contribution in [0.4, 0.5) is 0 Å². The molecular formula is C21H26ClLiO3P. The molecule has 0 fully saturated rings. The monoisotopic (exact) mass is 399 g/mol. The van der Waals surface area contributed by atoms with Crippen LogP contribution in [0.25, 0.3) is 0 Å². The summed E-state index contributed by atoms with van der Waals surface area (Å²) in [5.41, 5.74) is 1.48. The van der Waals surface area contributed by atoms with Crippen LogP contribution in [-0.4, -0.2) is 38.1 Å². The number of benzene rings is 2. The molecule has 0 amide bonds. The van der Waals surface area contributed by atoms with Crippen LogP contribution in [0.2, 0.25) is 5.02 Å². The SMILES string of the molecule is CCCCCCOc1ccc(PC(=O)c2c(Cl)cccc2OC)c(C)c1.[Li]. The second-order valence-corrected chi connectivity index (χ2v) is 7.81. The van der Waals surface area contributed by atoms with Crippen molar-refractivity contribution in [1.82, 2.24) is 0 Å². The molecule has 27 heavy (non-hydrogen) atoms. The molecular weight excluding hydrogens is 374 g/mol. The van der Waals surface area contributed by atoms with E-state index in [9.17, 15) is 4.79 Å². The molecule has 141 valence electrons. The van der Waals surface area contributed by atoms with Gasteiger partial charge in [0, 0.05) is 18.9 Å². The molecule has 2 aromatic rings. The minimum Gasteiger partial charge on any atom is -0.496 e. The van der Waals surface area contributed by atoms with E-state index < -0.39 is 0 Å². The van der Waals surface area contributed by atoms with Crippen LogP contribution in [0.5, 0.6) is 11.5 Å². The molecule has 0 bridgehead atoms. The molecule has 1 radical (unpaired) electrons. The van der Waals surface area contributed by atoms with Crippen molar-refractivity contribution in [1.29, 1.82) is 0 Å². The van der Waals surface area contributed by atoms with E-state index in [2.05, 4.69) is 6.92 Å². The van der Waals surface area contributed by atoms with E-state index in [0.717, 1.165) is 29.6 Å². The molecule has 0 aliphatic rings. The number of unbranched alkanes of at least 4 members (excludes halogenated alkanes) is 3. The van der Waals surface area contributed by atoms with Crippen LogP contribution >= 0.6 is 20.2 Å². The van der Waals surface area contributed by atoms with Gasteiger partial charge in [-0.3, -0.25) is 4.79 Å². The Morgan fingerprint density at radius 2 is 1.93 bits per heavy atom. The Hall–Kier alpha value is -0.973. The van der Waals surface area contributed by atoms with Crippen molar-refractivity contribution < 1.29 is 14.3 Å². The third-order valence-corrected chi connectivity index (χ3v) is 5.76. The van der Waals surface area contributed by atoms with Gasteiger partial charge in [0.25, 0.3) is 0 Å². The average molecular weight is 400 g/mol. The predicted molar refractivity (Wildman–Crippen MR) is 117 cm³/mol. The van der Waals surface area contributed by atoms with E-state index in [1.54, 1.807) is 25.3 Å². The maximum Gasteiger partial charge on any atom is 0.190 e. The molecule has 0 aliphatic heterocycles. The van der Waals surface area contributed by atoms with Gasteiger partial charge in [0.2, 0.25) is 0 Å². The number of carbonyl (C=O) groups is 1. The summed E-state index contributed by atoms with van der Waals surface area (Å²) < 4.78 is 11.1. The first-order valence-corrected chi connectivity index (χ1v) is 10.3. The van der Waals surface area contributed by atoms with E-state index in [1.807, 2.05) is 25.1 Å². The summed E-state index contributed by atoms with van der Waals surface area (Å²) in [6, 6.07) is 11.1. The van der Waals surface area contributed by atoms with Gasteiger partial charge in [-0.05, 0) is 57.1 Å². The van der Waals surface area contributed by atoms with Gasteiger partial charge in [0.15, 0.2) is 5.52 Å². The fourth-order valence-corrected chi connectivity index (χ4v) is 4.06. The summed E-state index contributed by atoms with van der Waals surface area (Å²) in [7, 11) is 1.54. The van der Waals surface area contributed by atoms with Gasteiger partial charge in [0.05, 0.1) is 24.3 Å². The normalized spacial score (nSPS) is 10.7. The topological polar surface area (TPSA) is 35.5 Å². The van der Waals surface area contributed by atoms with E-state index in [4.69, 9.17) is 21.1 Å². The third-order valence-electron chi connectivity index (χ3n) is 4.14. The van der Waals surface area contributed by atoms with Crippen LogP contribution in [0.1, 0.15) is 48.5 Å². The number of ether oxygens (including phenoxy) is 2. The fourth-order valence-electron chi connectivity index (χ4n) is 2.66. The Labute approximate surface area is 181 Å². The molecule has 0 spiro atoms. The largest absolute Gasteiger partial charge is 0.496 e. The van der Waals surface area contributed by atoms with Crippen molar-refractivity contribution in [2.45, 2.75) is 39.5 Å². The van der Waals surface area contributed by atoms with Crippen LogP contribution in [0.3, 0.4) is 0 Å². The molecule has 1 atom stereocenters. The van der Waals surface area contributed by atoms with Gasteiger partial charge in [-0.2, -0.15) is 0 Å². The second-order valence-electron chi connectivity index (χ2n) is 6.16. The van der Waals surface area contributed by atoms with Crippen molar-refractivity contribution in [2.24, 2.45) is 0 Å². The molecule has 0 aliphatic carbocycles. The first kappa shape index (κ1) is 24.1. The van der Waals surface area contributed by atoms with Gasteiger partial charge in [-0.1, -0.05) is 49.9 Å². The summed E-state index contributed by atoms with van der Waals surface area (Å²) in [5.74, 6) is 1.37. The molecule has 0 saturated carbocycles. The molecule has 0 N–H and O–H groups in total. The predicted octanol–water partition coefficient (Wildman–Crippen LogP) is 5.38. The number of halogens is 1. The molecule has 0 heterocycles. The maximum absolute atomic E-state index is 12.7. The molecule has 3 nitrogen and oxygen atoms in total. The van der Waals surface area contributed by atoms with Crippen LogP contribution in [0, 0.1) is 6.92 Å². The molecule has 2 aromatic carbocycles. The first-order valence-electron chi connectivity index (χ1n) is 8.94. The number of carbonyl (C=O) groups excluding carboxylic acids is 1. The fraction of sp³-hybridized carbons (Fsp3) is 0.381. The molecule has 6 heteroatoms. The zero-order chi connectivity index (χ0) is 18.9. The standard InChI is InChI=1S/C21H26ClO3P.Li/c1-4-5-6-7-13-25-16-11-12-19(15(2)14-16)26-21(23)20-17(22)9-8-10-18(20)24-3;/h8-12,14,26H,4-7,13H2,1-3H3;. The third kappa shape index (κ3) is 7.17. The van der Waals surface area contributed by atoms with E-state index >= 15 is 0 Å². The van der Waals surface area contributed by atoms with Gasteiger partial charge >= 0.3 is 0 Å². The Bertz CT molecular complexity index is 752. The Morgan fingerprint density at radius 3 is 2.59 bits per heavy atom. The maximum atomic E-state index is 12.7. The number of methoxy groups -OCH3 is 1. The van der Waals surface area contributed by atoms with Crippen LogP contribution < -0.4 is 14.8 Å². The number of aryl methyl sites for hydroxylation is 1. The van der Waals surface area contributed by atoms with Gasteiger partial charge in [0.1, 0.15) is 11.5 Å². The Morgan fingerprint density at radius 1 is 1.15 bits per heavy atom. The van der Waals surface area contributed by atoms with E-state index in [1.165, 1.54) is 19.3 Å². The number of hydrogen-bond acceptors (Lipinski definition) is 3. The van der Waals surface area contributed by atoms with Crippen LogP contribution in [-0.2, 0) is 0 Å².